The summed E-state index contributed by atoms with van der Waals surface area (Å²) < 4.78 is 5.19. The molecule has 1 fully saturated rings. The number of rotatable bonds is 4. The first kappa shape index (κ1) is 18.8. The summed E-state index contributed by atoms with van der Waals surface area (Å²) in [5.41, 5.74) is 2.72. The number of benzene rings is 1. The second kappa shape index (κ2) is 7.83. The van der Waals surface area contributed by atoms with E-state index < -0.39 is 0 Å². The van der Waals surface area contributed by atoms with Gasteiger partial charge in [0.2, 0.25) is 5.95 Å². The zero-order valence-corrected chi connectivity index (χ0v) is 16.6. The molecule has 7 heteroatoms. The molecule has 1 aromatic carbocycles. The summed E-state index contributed by atoms with van der Waals surface area (Å²) in [4.78, 5) is 25.0. The average molecular weight is 384 g/mol. The third kappa shape index (κ3) is 3.85. The first-order valence-corrected chi connectivity index (χ1v) is 9.98. The number of anilines is 1. The Morgan fingerprint density at radius 2 is 2.21 bits per heavy atom. The molecule has 1 atom stereocenters. The van der Waals surface area contributed by atoms with E-state index in [-0.39, 0.29) is 11.3 Å². The highest BCUT2D eigenvalue weighted by Crippen LogP contribution is 2.28. The fourth-order valence-corrected chi connectivity index (χ4v) is 4.21. The maximum Gasteiger partial charge on any atom is 0.257 e. The molecule has 0 saturated carbocycles. The van der Waals surface area contributed by atoms with Gasteiger partial charge in [0.1, 0.15) is 0 Å². The SMILES string of the molecule is COc1cc(CN2CCc3nc(N4CCC[C@H](C)C4)[nH]c(=O)c3C2)ccc1O. The Balaban J connectivity index is 1.50. The van der Waals surface area contributed by atoms with Crippen LogP contribution >= 0.6 is 0 Å². The number of methoxy groups -OCH3 is 1. The zero-order valence-electron chi connectivity index (χ0n) is 16.6. The Kier molecular flexibility index (Phi) is 5.26. The van der Waals surface area contributed by atoms with Crippen molar-refractivity contribution in [2.45, 2.75) is 39.3 Å². The zero-order chi connectivity index (χ0) is 19.7. The van der Waals surface area contributed by atoms with E-state index in [4.69, 9.17) is 9.72 Å². The predicted octanol–water partition coefficient (Wildman–Crippen LogP) is 2.28. The van der Waals surface area contributed by atoms with Crippen LogP contribution < -0.4 is 15.2 Å². The van der Waals surface area contributed by atoms with E-state index in [2.05, 4.69) is 21.7 Å². The normalized spacial score (nSPS) is 20.1. The van der Waals surface area contributed by atoms with Crippen molar-refractivity contribution in [3.8, 4) is 11.5 Å². The molecule has 1 aromatic heterocycles. The monoisotopic (exact) mass is 384 g/mol. The van der Waals surface area contributed by atoms with Crippen molar-refractivity contribution in [3.05, 3.63) is 45.4 Å². The molecule has 2 aliphatic rings. The number of fused-ring (bicyclic) bond motifs is 1. The molecular weight excluding hydrogens is 356 g/mol. The van der Waals surface area contributed by atoms with Crippen molar-refractivity contribution in [1.82, 2.24) is 14.9 Å². The van der Waals surface area contributed by atoms with Gasteiger partial charge >= 0.3 is 0 Å². The highest BCUT2D eigenvalue weighted by Gasteiger charge is 2.24. The molecule has 0 unspecified atom stereocenters. The van der Waals surface area contributed by atoms with Crippen molar-refractivity contribution in [3.63, 3.8) is 0 Å². The number of aromatic nitrogens is 2. The van der Waals surface area contributed by atoms with Crippen molar-refractivity contribution in [2.75, 3.05) is 31.6 Å². The van der Waals surface area contributed by atoms with E-state index in [0.29, 0.717) is 24.8 Å². The van der Waals surface area contributed by atoms with E-state index in [1.165, 1.54) is 6.42 Å². The van der Waals surface area contributed by atoms with Crippen LogP contribution in [0.2, 0.25) is 0 Å². The summed E-state index contributed by atoms with van der Waals surface area (Å²) in [6, 6.07) is 5.37. The molecule has 4 rings (SSSR count). The van der Waals surface area contributed by atoms with Crippen LogP contribution in [0, 0.1) is 5.92 Å². The van der Waals surface area contributed by atoms with Gasteiger partial charge in [-0.2, -0.15) is 0 Å². The van der Waals surface area contributed by atoms with Gasteiger partial charge in [0.25, 0.3) is 5.56 Å². The van der Waals surface area contributed by atoms with Gasteiger partial charge in [0.15, 0.2) is 11.5 Å². The summed E-state index contributed by atoms with van der Waals surface area (Å²) in [5.74, 6) is 1.96. The molecular formula is C21H28N4O3. The molecule has 0 amide bonds. The van der Waals surface area contributed by atoms with Gasteiger partial charge in [-0.15, -0.1) is 0 Å². The van der Waals surface area contributed by atoms with Gasteiger partial charge in [0.05, 0.1) is 18.4 Å². The van der Waals surface area contributed by atoms with Crippen LogP contribution in [0.3, 0.4) is 0 Å². The van der Waals surface area contributed by atoms with Gasteiger partial charge in [-0.25, -0.2) is 4.98 Å². The molecule has 0 radical (unpaired) electrons. The summed E-state index contributed by atoms with van der Waals surface area (Å²) in [6.07, 6.45) is 3.15. The van der Waals surface area contributed by atoms with Gasteiger partial charge in [-0.3, -0.25) is 14.7 Å². The lowest BCUT2D eigenvalue weighted by Gasteiger charge is -2.33. The standard InChI is InChI=1S/C21H28N4O3/c1-14-4-3-8-25(11-14)21-22-17-7-9-24(13-16(17)20(27)23-21)12-15-5-6-18(26)19(10-15)28-2/h5-6,10,14,26H,3-4,7-9,11-13H2,1-2H3,(H,22,23,27)/t14-/m0/s1. The number of phenolic OH excluding ortho intramolecular Hbond substituents is 1. The minimum absolute atomic E-state index is 0.0220. The summed E-state index contributed by atoms with van der Waals surface area (Å²) in [6.45, 7) is 6.29. The molecule has 1 saturated heterocycles. The number of H-pyrrole nitrogens is 1. The van der Waals surface area contributed by atoms with Crippen LogP contribution in [0.15, 0.2) is 23.0 Å². The van der Waals surface area contributed by atoms with Crippen LogP contribution in [-0.4, -0.2) is 46.7 Å². The first-order valence-electron chi connectivity index (χ1n) is 9.98. The van der Waals surface area contributed by atoms with Crippen LogP contribution in [-0.2, 0) is 19.5 Å². The number of aromatic hydroxyl groups is 1. The van der Waals surface area contributed by atoms with Gasteiger partial charge < -0.3 is 14.7 Å². The molecule has 0 spiro atoms. The summed E-state index contributed by atoms with van der Waals surface area (Å²) in [7, 11) is 1.54. The number of nitrogens with zero attached hydrogens (tertiary/aromatic N) is 3. The third-order valence-electron chi connectivity index (χ3n) is 5.74. The van der Waals surface area contributed by atoms with Crippen molar-refractivity contribution in [2.24, 2.45) is 5.92 Å². The number of piperidine rings is 1. The second-order valence-electron chi connectivity index (χ2n) is 7.98. The van der Waals surface area contributed by atoms with E-state index in [9.17, 15) is 9.90 Å². The lowest BCUT2D eigenvalue weighted by atomic mass is 10.0. The summed E-state index contributed by atoms with van der Waals surface area (Å²) in [5, 5.41) is 9.76. The number of phenols is 1. The third-order valence-corrected chi connectivity index (χ3v) is 5.74. The lowest BCUT2D eigenvalue weighted by molar-refractivity contribution is 0.241. The van der Waals surface area contributed by atoms with E-state index in [1.807, 2.05) is 12.1 Å². The Morgan fingerprint density at radius 1 is 1.36 bits per heavy atom. The lowest BCUT2D eigenvalue weighted by Crippen LogP contribution is -2.39. The number of ether oxygens (including phenoxy) is 1. The van der Waals surface area contributed by atoms with E-state index in [1.54, 1.807) is 13.2 Å². The Labute approximate surface area is 165 Å². The molecule has 0 bridgehead atoms. The van der Waals surface area contributed by atoms with E-state index in [0.717, 1.165) is 55.2 Å². The van der Waals surface area contributed by atoms with Crippen LogP contribution in [0.25, 0.3) is 0 Å². The smallest absolute Gasteiger partial charge is 0.257 e. The molecule has 2 N–H and O–H groups in total. The topological polar surface area (TPSA) is 81.7 Å². The van der Waals surface area contributed by atoms with Gasteiger partial charge in [-0.05, 0) is 36.5 Å². The van der Waals surface area contributed by atoms with Crippen LogP contribution in [0.1, 0.15) is 36.6 Å². The molecule has 0 aliphatic carbocycles. The number of nitrogens with one attached hydrogen (secondary N) is 1. The minimum Gasteiger partial charge on any atom is -0.504 e. The number of hydrogen-bond donors (Lipinski definition) is 2. The van der Waals surface area contributed by atoms with Crippen molar-refractivity contribution in [1.29, 1.82) is 0 Å². The van der Waals surface area contributed by atoms with Gasteiger partial charge in [0, 0.05) is 39.1 Å². The fraction of sp³-hybridized carbons (Fsp3) is 0.524. The number of hydrogen-bond acceptors (Lipinski definition) is 6. The Hall–Kier alpha value is -2.54. The highest BCUT2D eigenvalue weighted by molar-refractivity contribution is 5.42. The largest absolute Gasteiger partial charge is 0.504 e. The van der Waals surface area contributed by atoms with Crippen molar-refractivity contribution < 1.29 is 9.84 Å². The minimum atomic E-state index is -0.0220. The van der Waals surface area contributed by atoms with Crippen LogP contribution in [0.5, 0.6) is 11.5 Å². The highest BCUT2D eigenvalue weighted by atomic mass is 16.5. The fourth-order valence-electron chi connectivity index (χ4n) is 4.21. The Morgan fingerprint density at radius 3 is 3.00 bits per heavy atom. The molecule has 7 nitrogen and oxygen atoms in total. The second-order valence-corrected chi connectivity index (χ2v) is 7.98. The van der Waals surface area contributed by atoms with Crippen LogP contribution in [0.4, 0.5) is 5.95 Å². The molecule has 2 aliphatic heterocycles. The Bertz CT molecular complexity index is 911. The first-order chi connectivity index (χ1) is 13.5. The molecule has 150 valence electrons. The van der Waals surface area contributed by atoms with Crippen molar-refractivity contribution >= 4 is 5.95 Å². The molecule has 3 heterocycles. The average Bonchev–Trinajstić information content (AvgIpc) is 2.69. The molecule has 2 aromatic rings. The summed E-state index contributed by atoms with van der Waals surface area (Å²) >= 11 is 0. The maximum absolute atomic E-state index is 12.7. The number of aromatic amines is 1. The molecule has 28 heavy (non-hydrogen) atoms. The van der Waals surface area contributed by atoms with E-state index >= 15 is 0 Å². The maximum atomic E-state index is 12.7. The predicted molar refractivity (Wildman–Crippen MR) is 108 cm³/mol. The quantitative estimate of drug-likeness (QED) is 0.842. The van der Waals surface area contributed by atoms with Gasteiger partial charge in [-0.1, -0.05) is 13.0 Å².